The predicted molar refractivity (Wildman–Crippen MR) is 192 cm³/mol. The number of carboxylic acids is 1. The van der Waals surface area contributed by atoms with Crippen LogP contribution < -0.4 is 10.4 Å². The first-order chi connectivity index (χ1) is 23.5. The van der Waals surface area contributed by atoms with Crippen molar-refractivity contribution in [1.82, 2.24) is 20.2 Å². The van der Waals surface area contributed by atoms with Crippen LogP contribution in [0.3, 0.4) is 0 Å². The largest absolute Gasteiger partial charge is 0.550 e. The predicted octanol–water partition coefficient (Wildman–Crippen LogP) is 6.45. The molecule has 260 valence electrons. The lowest BCUT2D eigenvalue weighted by molar-refractivity contribution is -0.315. The number of nitrogens with zero attached hydrogens (tertiary/aromatic N) is 3. The number of hydrogen-bond acceptors (Lipinski definition) is 7. The lowest BCUT2D eigenvalue weighted by Crippen LogP contribution is -2.61. The molecule has 49 heavy (non-hydrogen) atoms. The summed E-state index contributed by atoms with van der Waals surface area (Å²) in [6.07, 6.45) is 17.0. The minimum Gasteiger partial charge on any atom is -0.550 e. The number of rotatable bonds is 10. The van der Waals surface area contributed by atoms with Gasteiger partial charge in [-0.05, 0) is 78.5 Å². The van der Waals surface area contributed by atoms with Gasteiger partial charge >= 0.3 is 0 Å². The lowest BCUT2D eigenvalue weighted by Gasteiger charge is -2.41. The molecule has 0 radical (unpaired) electrons. The van der Waals surface area contributed by atoms with Gasteiger partial charge in [-0.2, -0.15) is 0 Å². The van der Waals surface area contributed by atoms with Gasteiger partial charge in [0.25, 0.3) is 5.91 Å². The van der Waals surface area contributed by atoms with Gasteiger partial charge < -0.3 is 20.1 Å². The van der Waals surface area contributed by atoms with Gasteiger partial charge in [0.2, 0.25) is 5.91 Å². The van der Waals surface area contributed by atoms with Gasteiger partial charge in [0.05, 0.1) is 4.88 Å². The maximum Gasteiger partial charge on any atom is 0.262 e. The van der Waals surface area contributed by atoms with Crippen molar-refractivity contribution in [1.29, 1.82) is 0 Å². The van der Waals surface area contributed by atoms with Crippen molar-refractivity contribution in [2.45, 2.75) is 96.9 Å². The first-order valence-corrected chi connectivity index (χ1v) is 18.8. The van der Waals surface area contributed by atoms with E-state index in [-0.39, 0.29) is 36.7 Å². The van der Waals surface area contributed by atoms with Gasteiger partial charge in [0.1, 0.15) is 6.04 Å². The number of carboxylic acid groups (broad SMARTS) is 1. The van der Waals surface area contributed by atoms with E-state index >= 15 is 0 Å². The van der Waals surface area contributed by atoms with Crippen molar-refractivity contribution >= 4 is 34.7 Å². The SMILES string of the molecule is CCC1CCC(C2CC=C(c3cnc(-c4ccc(CC(NC(=O)c5ccc(C(C)(C)C)s5)C(=O)N5CC(C(=O)[O-])C5)cc4)nc3)CC2)CC1. The van der Waals surface area contributed by atoms with E-state index in [1.54, 1.807) is 6.07 Å². The molecule has 1 aliphatic heterocycles. The molecule has 1 saturated carbocycles. The van der Waals surface area contributed by atoms with E-state index in [1.165, 1.54) is 60.3 Å². The molecule has 2 aliphatic carbocycles. The fraction of sp³-hybridized carbons (Fsp3) is 0.525. The standard InChI is InChI=1S/C40H50N4O4S/c1-5-25-6-10-27(11-7-25)28-14-16-29(17-15-28)31-21-41-36(42-22-31)30-12-8-26(9-13-30)20-33(38(46)44-23-32(24-44)39(47)48)43-37(45)34-18-19-35(49-34)40(2,3)4/h8-9,12-13,16,18-19,21-22,25,27-28,32-33H,5-7,10-11,14-15,17,20,23-24H2,1-4H3,(H,43,45)(H,47,48)/p-1. The molecule has 9 heteroatoms. The second-order valence-electron chi connectivity index (χ2n) is 15.3. The third-order valence-electron chi connectivity index (χ3n) is 11.0. The lowest BCUT2D eigenvalue weighted by atomic mass is 9.71. The molecule has 2 unspecified atom stereocenters. The summed E-state index contributed by atoms with van der Waals surface area (Å²) in [4.78, 5) is 50.5. The molecule has 1 aromatic carbocycles. The summed E-state index contributed by atoms with van der Waals surface area (Å²) in [5.74, 6) is 0.815. The summed E-state index contributed by atoms with van der Waals surface area (Å²) in [5.41, 5.74) is 4.09. The van der Waals surface area contributed by atoms with Crippen LogP contribution in [0.2, 0.25) is 0 Å². The van der Waals surface area contributed by atoms with Crippen molar-refractivity contribution < 1.29 is 19.5 Å². The Bertz CT molecular complexity index is 1660. The number of aromatic nitrogens is 2. The van der Waals surface area contributed by atoms with Gasteiger partial charge in [-0.1, -0.05) is 77.3 Å². The smallest absolute Gasteiger partial charge is 0.262 e. The Labute approximate surface area is 294 Å². The molecule has 8 nitrogen and oxygen atoms in total. The minimum absolute atomic E-state index is 0.0877. The van der Waals surface area contributed by atoms with Crippen LogP contribution in [0.15, 0.2) is 54.9 Å². The molecule has 0 bridgehead atoms. The van der Waals surface area contributed by atoms with Crippen LogP contribution in [0.5, 0.6) is 0 Å². The zero-order valence-electron chi connectivity index (χ0n) is 29.2. The van der Waals surface area contributed by atoms with Crippen LogP contribution >= 0.6 is 11.3 Å². The number of carbonyl (C=O) groups is 3. The van der Waals surface area contributed by atoms with Crippen molar-refractivity contribution in [2.75, 3.05) is 13.1 Å². The zero-order chi connectivity index (χ0) is 34.7. The van der Waals surface area contributed by atoms with Crippen LogP contribution in [0.1, 0.15) is 105 Å². The number of amides is 2. The average molecular weight is 682 g/mol. The van der Waals surface area contributed by atoms with Crippen LogP contribution in [-0.4, -0.2) is 51.8 Å². The van der Waals surface area contributed by atoms with Crippen LogP contribution in [0, 0.1) is 23.7 Å². The summed E-state index contributed by atoms with van der Waals surface area (Å²) in [7, 11) is 0. The van der Waals surface area contributed by atoms with Gasteiger partial charge in [-0.25, -0.2) is 9.97 Å². The molecular formula is C40H49N4O4S-. The number of aliphatic carboxylic acids is 1. The quantitative estimate of drug-likeness (QED) is 0.263. The van der Waals surface area contributed by atoms with Crippen LogP contribution in [-0.2, 0) is 21.4 Å². The van der Waals surface area contributed by atoms with E-state index in [4.69, 9.17) is 9.97 Å². The maximum atomic E-state index is 13.5. The van der Waals surface area contributed by atoms with Gasteiger partial charge in [-0.3, -0.25) is 9.59 Å². The van der Waals surface area contributed by atoms with Gasteiger partial charge in [-0.15, -0.1) is 11.3 Å². The van der Waals surface area contributed by atoms with Crippen LogP contribution in [0.4, 0.5) is 0 Å². The first-order valence-electron chi connectivity index (χ1n) is 18.0. The molecule has 3 aromatic rings. The molecule has 6 rings (SSSR count). The molecule has 1 saturated heterocycles. The fourth-order valence-electron chi connectivity index (χ4n) is 7.60. The van der Waals surface area contributed by atoms with Gasteiger partial charge in [0.15, 0.2) is 5.82 Å². The highest BCUT2D eigenvalue weighted by atomic mass is 32.1. The molecule has 3 heterocycles. The molecule has 2 atom stereocenters. The number of allylic oxidation sites excluding steroid dienone is 2. The Hall–Kier alpha value is -3.85. The Morgan fingerprint density at radius 2 is 1.63 bits per heavy atom. The number of nitrogens with one attached hydrogen (secondary N) is 1. The topological polar surface area (TPSA) is 115 Å². The second kappa shape index (κ2) is 15.0. The molecule has 2 amide bonds. The Morgan fingerprint density at radius 3 is 2.20 bits per heavy atom. The van der Waals surface area contributed by atoms with E-state index in [2.05, 4.69) is 39.1 Å². The van der Waals surface area contributed by atoms with E-state index in [1.807, 2.05) is 42.7 Å². The van der Waals surface area contributed by atoms with Crippen molar-refractivity contribution in [3.63, 3.8) is 0 Å². The highest BCUT2D eigenvalue weighted by Crippen LogP contribution is 2.41. The Morgan fingerprint density at radius 1 is 0.939 bits per heavy atom. The second-order valence-corrected chi connectivity index (χ2v) is 16.4. The highest BCUT2D eigenvalue weighted by molar-refractivity contribution is 7.14. The minimum atomic E-state index is -1.16. The van der Waals surface area contributed by atoms with E-state index in [0.717, 1.165) is 52.2 Å². The third kappa shape index (κ3) is 8.31. The monoisotopic (exact) mass is 681 g/mol. The third-order valence-corrected chi connectivity index (χ3v) is 12.5. The normalized spacial score (nSPS) is 22.2. The Balaban J connectivity index is 1.09. The van der Waals surface area contributed by atoms with E-state index < -0.39 is 17.9 Å². The number of thiophene rings is 1. The zero-order valence-corrected chi connectivity index (χ0v) is 30.1. The van der Waals surface area contributed by atoms with Crippen molar-refractivity contribution in [3.05, 3.63) is 75.7 Å². The highest BCUT2D eigenvalue weighted by Gasteiger charge is 2.36. The van der Waals surface area contributed by atoms with Crippen LogP contribution in [0.25, 0.3) is 17.0 Å². The number of carbonyl (C=O) groups excluding carboxylic acids is 3. The summed E-state index contributed by atoms with van der Waals surface area (Å²) in [6.45, 7) is 8.78. The molecule has 0 spiro atoms. The van der Waals surface area contributed by atoms with E-state index in [9.17, 15) is 19.5 Å². The van der Waals surface area contributed by atoms with Gasteiger partial charge in [0, 0.05) is 59.8 Å². The average Bonchev–Trinajstić information content (AvgIpc) is 3.60. The summed E-state index contributed by atoms with van der Waals surface area (Å²) < 4.78 is 0. The van der Waals surface area contributed by atoms with Crippen molar-refractivity contribution in [2.24, 2.45) is 23.7 Å². The summed E-state index contributed by atoms with van der Waals surface area (Å²) in [5, 5.41) is 14.2. The first kappa shape index (κ1) is 35.0. The Kier molecular flexibility index (Phi) is 10.7. The molecule has 2 fully saturated rings. The number of benzene rings is 1. The molecule has 2 aromatic heterocycles. The molecule has 3 aliphatic rings. The number of likely N-dealkylation sites (tertiary alicyclic amines) is 1. The summed E-state index contributed by atoms with van der Waals surface area (Å²) in [6, 6.07) is 10.6. The fourth-order valence-corrected chi connectivity index (χ4v) is 8.57. The molecular weight excluding hydrogens is 633 g/mol. The maximum absolute atomic E-state index is 13.5. The van der Waals surface area contributed by atoms with E-state index in [0.29, 0.717) is 10.7 Å². The molecule has 1 N–H and O–H groups in total. The number of hydrogen-bond donors (Lipinski definition) is 1. The van der Waals surface area contributed by atoms with Crippen molar-refractivity contribution in [3.8, 4) is 11.4 Å². The summed E-state index contributed by atoms with van der Waals surface area (Å²) >= 11 is 1.42.